The molecule has 2 amide bonds. The number of thiophene rings is 1. The first-order valence-corrected chi connectivity index (χ1v) is 7.45. The van der Waals surface area contributed by atoms with Gasteiger partial charge in [-0.3, -0.25) is 9.59 Å². The van der Waals surface area contributed by atoms with Crippen LogP contribution < -0.4 is 5.32 Å². The summed E-state index contributed by atoms with van der Waals surface area (Å²) in [6.45, 7) is 4.33. The predicted octanol–water partition coefficient (Wildman–Crippen LogP) is 2.14. The molecule has 1 N–H and O–H groups in total. The van der Waals surface area contributed by atoms with E-state index in [1.165, 1.54) is 0 Å². The third-order valence-corrected chi connectivity index (χ3v) is 4.87. The van der Waals surface area contributed by atoms with Crippen LogP contribution in [0.25, 0.3) is 0 Å². The molecule has 2 rings (SSSR count). The van der Waals surface area contributed by atoms with E-state index in [2.05, 4.69) is 21.2 Å². The Morgan fingerprint density at radius 1 is 1.56 bits per heavy atom. The number of carbonyl (C=O) groups is 2. The van der Waals surface area contributed by atoms with E-state index in [4.69, 9.17) is 0 Å². The summed E-state index contributed by atoms with van der Waals surface area (Å²) < 4.78 is 1.01. The normalized spacial score (nSPS) is 24.3. The van der Waals surface area contributed by atoms with E-state index in [9.17, 15) is 9.59 Å². The van der Waals surface area contributed by atoms with Gasteiger partial charge >= 0.3 is 0 Å². The molecule has 4 nitrogen and oxygen atoms in total. The number of hydrogen-bond donors (Lipinski definition) is 1. The zero-order valence-corrected chi connectivity index (χ0v) is 12.7. The highest BCUT2D eigenvalue weighted by Gasteiger charge is 2.41. The number of nitrogens with zero attached hydrogens (tertiary/aromatic N) is 1. The Morgan fingerprint density at radius 3 is 2.83 bits per heavy atom. The maximum atomic E-state index is 12.3. The van der Waals surface area contributed by atoms with Crippen LogP contribution in [0.3, 0.4) is 0 Å². The third-order valence-electron chi connectivity index (χ3n) is 3.18. The Bertz CT molecular complexity index is 488. The van der Waals surface area contributed by atoms with Crippen LogP contribution in [0.1, 0.15) is 25.1 Å². The van der Waals surface area contributed by atoms with Crippen molar-refractivity contribution in [1.29, 1.82) is 0 Å². The second-order valence-corrected chi connectivity index (χ2v) is 6.54. The molecule has 0 spiro atoms. The fourth-order valence-electron chi connectivity index (χ4n) is 1.99. The summed E-state index contributed by atoms with van der Waals surface area (Å²) in [5.41, 5.74) is -0.760. The first-order valence-electron chi connectivity index (χ1n) is 5.78. The highest BCUT2D eigenvalue weighted by molar-refractivity contribution is 9.10. The van der Waals surface area contributed by atoms with Crippen molar-refractivity contribution in [2.24, 2.45) is 0 Å². The monoisotopic (exact) mass is 330 g/mol. The van der Waals surface area contributed by atoms with Gasteiger partial charge in [-0.1, -0.05) is 6.92 Å². The standard InChI is InChI=1S/C12H15BrN2O2S/c1-3-12(2)11(17)15(6-10(16)14-12)5-9-4-8(13)7-18-9/h4,7H,3,5-6H2,1-2H3,(H,14,16). The number of nitrogens with one attached hydrogen (secondary N) is 1. The minimum Gasteiger partial charge on any atom is -0.340 e. The average molecular weight is 331 g/mol. The first-order chi connectivity index (χ1) is 8.44. The lowest BCUT2D eigenvalue weighted by atomic mass is 9.94. The van der Waals surface area contributed by atoms with Gasteiger partial charge in [0.2, 0.25) is 11.8 Å². The highest BCUT2D eigenvalue weighted by atomic mass is 79.9. The SMILES string of the molecule is CCC1(C)NC(=O)CN(Cc2cc(Br)cs2)C1=O. The van der Waals surface area contributed by atoms with Crippen LogP contribution in [0.5, 0.6) is 0 Å². The van der Waals surface area contributed by atoms with Gasteiger partial charge in [-0.25, -0.2) is 0 Å². The Kier molecular flexibility index (Phi) is 3.77. The minimum absolute atomic E-state index is 0.00544. The zero-order valence-electron chi connectivity index (χ0n) is 10.3. The fourth-order valence-corrected chi connectivity index (χ4v) is 3.45. The molecule has 1 aromatic heterocycles. The van der Waals surface area contributed by atoms with Crippen molar-refractivity contribution in [3.05, 3.63) is 20.8 Å². The number of halogens is 1. The van der Waals surface area contributed by atoms with Gasteiger partial charge < -0.3 is 10.2 Å². The molecule has 0 aromatic carbocycles. The Balaban J connectivity index is 2.17. The molecule has 6 heteroatoms. The molecule has 1 saturated heterocycles. The van der Waals surface area contributed by atoms with Crippen molar-refractivity contribution in [2.45, 2.75) is 32.4 Å². The smallest absolute Gasteiger partial charge is 0.248 e. The van der Waals surface area contributed by atoms with Crippen molar-refractivity contribution in [3.8, 4) is 0 Å². The molecule has 1 aliphatic rings. The van der Waals surface area contributed by atoms with E-state index in [0.717, 1.165) is 9.35 Å². The van der Waals surface area contributed by atoms with Crippen molar-refractivity contribution in [3.63, 3.8) is 0 Å². The second kappa shape index (κ2) is 5.01. The molecule has 18 heavy (non-hydrogen) atoms. The van der Waals surface area contributed by atoms with Gasteiger partial charge in [0, 0.05) is 14.7 Å². The van der Waals surface area contributed by atoms with Crippen molar-refractivity contribution < 1.29 is 9.59 Å². The molecule has 1 aliphatic heterocycles. The molecule has 2 heterocycles. The molecule has 0 saturated carbocycles. The van der Waals surface area contributed by atoms with Gasteiger partial charge in [-0.15, -0.1) is 11.3 Å². The zero-order chi connectivity index (χ0) is 13.3. The summed E-state index contributed by atoms with van der Waals surface area (Å²) in [7, 11) is 0. The van der Waals surface area contributed by atoms with Crippen LogP contribution in [0, 0.1) is 0 Å². The summed E-state index contributed by atoms with van der Waals surface area (Å²) in [5, 5.41) is 4.75. The van der Waals surface area contributed by atoms with E-state index in [1.54, 1.807) is 23.2 Å². The van der Waals surface area contributed by atoms with E-state index in [-0.39, 0.29) is 18.4 Å². The van der Waals surface area contributed by atoms with Crippen LogP contribution in [0.4, 0.5) is 0 Å². The minimum atomic E-state index is -0.760. The van der Waals surface area contributed by atoms with Crippen LogP contribution in [-0.2, 0) is 16.1 Å². The molecule has 1 atom stereocenters. The average Bonchev–Trinajstić information content (AvgIpc) is 2.71. The third kappa shape index (κ3) is 2.59. The lowest BCUT2D eigenvalue weighted by Crippen LogP contribution is -2.64. The fraction of sp³-hybridized carbons (Fsp3) is 0.500. The Morgan fingerprint density at radius 2 is 2.28 bits per heavy atom. The summed E-state index contributed by atoms with van der Waals surface area (Å²) in [4.78, 5) is 26.7. The number of hydrogen-bond acceptors (Lipinski definition) is 3. The Hall–Kier alpha value is -0.880. The molecular weight excluding hydrogens is 316 g/mol. The van der Waals surface area contributed by atoms with Gasteiger partial charge in [0.15, 0.2) is 0 Å². The van der Waals surface area contributed by atoms with Crippen LogP contribution in [0.15, 0.2) is 15.9 Å². The number of rotatable bonds is 3. The molecule has 1 unspecified atom stereocenters. The molecule has 0 bridgehead atoms. The van der Waals surface area contributed by atoms with Crippen LogP contribution >= 0.6 is 27.3 Å². The molecule has 1 aromatic rings. The first kappa shape index (κ1) is 13.5. The van der Waals surface area contributed by atoms with E-state index in [1.807, 2.05) is 18.4 Å². The number of piperazine rings is 1. The number of carbonyl (C=O) groups excluding carboxylic acids is 2. The summed E-state index contributed by atoms with van der Waals surface area (Å²) in [6.07, 6.45) is 0.599. The topological polar surface area (TPSA) is 49.4 Å². The summed E-state index contributed by atoms with van der Waals surface area (Å²) in [5.74, 6) is -0.0938. The quantitative estimate of drug-likeness (QED) is 0.923. The maximum Gasteiger partial charge on any atom is 0.248 e. The van der Waals surface area contributed by atoms with Gasteiger partial charge in [0.05, 0.1) is 6.54 Å². The molecule has 1 fully saturated rings. The summed E-state index contributed by atoms with van der Waals surface area (Å²) >= 11 is 4.97. The van der Waals surface area contributed by atoms with Crippen molar-refractivity contribution in [2.75, 3.05) is 6.54 Å². The van der Waals surface area contributed by atoms with E-state index < -0.39 is 5.54 Å². The van der Waals surface area contributed by atoms with E-state index >= 15 is 0 Å². The largest absolute Gasteiger partial charge is 0.340 e. The molecule has 98 valence electrons. The van der Waals surface area contributed by atoms with Crippen molar-refractivity contribution in [1.82, 2.24) is 10.2 Å². The van der Waals surface area contributed by atoms with Gasteiger partial charge in [0.25, 0.3) is 0 Å². The van der Waals surface area contributed by atoms with E-state index in [0.29, 0.717) is 13.0 Å². The lowest BCUT2D eigenvalue weighted by molar-refractivity contribution is -0.149. The predicted molar refractivity (Wildman–Crippen MR) is 74.3 cm³/mol. The van der Waals surface area contributed by atoms with Gasteiger partial charge in [-0.05, 0) is 35.3 Å². The van der Waals surface area contributed by atoms with Crippen LogP contribution in [-0.4, -0.2) is 28.8 Å². The maximum absolute atomic E-state index is 12.3. The summed E-state index contributed by atoms with van der Waals surface area (Å²) in [6, 6.07) is 1.98. The van der Waals surface area contributed by atoms with Crippen molar-refractivity contribution >= 4 is 39.1 Å². The van der Waals surface area contributed by atoms with Gasteiger partial charge in [0.1, 0.15) is 12.1 Å². The van der Waals surface area contributed by atoms with Gasteiger partial charge in [-0.2, -0.15) is 0 Å². The highest BCUT2D eigenvalue weighted by Crippen LogP contribution is 2.24. The number of amides is 2. The second-order valence-electron chi connectivity index (χ2n) is 4.63. The van der Waals surface area contributed by atoms with Crippen LogP contribution in [0.2, 0.25) is 0 Å². The molecular formula is C12H15BrN2O2S. The molecule has 0 radical (unpaired) electrons. The molecule has 0 aliphatic carbocycles. The lowest BCUT2D eigenvalue weighted by Gasteiger charge is -2.39. The Labute approximate surface area is 118 Å².